The topological polar surface area (TPSA) is 58.6 Å². The van der Waals surface area contributed by atoms with Crippen LogP contribution in [-0.4, -0.2) is 42.5 Å². The van der Waals surface area contributed by atoms with Crippen LogP contribution in [0.15, 0.2) is 24.3 Å². The second-order valence-electron chi connectivity index (χ2n) is 6.60. The predicted molar refractivity (Wildman–Crippen MR) is 92.0 cm³/mol. The zero-order chi connectivity index (χ0) is 16.9. The maximum absolute atomic E-state index is 12.5. The fraction of sp³-hybridized carbons (Fsp3) is 0.579. The van der Waals surface area contributed by atoms with Crippen molar-refractivity contribution in [2.45, 2.75) is 45.1 Å². The summed E-state index contributed by atoms with van der Waals surface area (Å²) in [5, 5.41) is 2.76. The highest BCUT2D eigenvalue weighted by molar-refractivity contribution is 5.98. The number of hydrogen-bond acceptors (Lipinski definition) is 3. The number of para-hydroxylation sites is 1. The van der Waals surface area contributed by atoms with Crippen molar-refractivity contribution in [2.24, 2.45) is 5.92 Å². The lowest BCUT2D eigenvalue weighted by atomic mass is 9.85. The molecule has 5 nitrogen and oxygen atoms in total. The smallest absolute Gasteiger partial charge is 0.255 e. The van der Waals surface area contributed by atoms with E-state index in [1.54, 1.807) is 18.2 Å². The summed E-state index contributed by atoms with van der Waals surface area (Å²) >= 11 is 0. The van der Waals surface area contributed by atoms with E-state index in [4.69, 9.17) is 4.74 Å². The van der Waals surface area contributed by atoms with Gasteiger partial charge < -0.3 is 15.0 Å². The van der Waals surface area contributed by atoms with Crippen LogP contribution in [0.2, 0.25) is 0 Å². The number of amides is 2. The lowest BCUT2D eigenvalue weighted by Crippen LogP contribution is -2.44. The summed E-state index contributed by atoms with van der Waals surface area (Å²) in [6.07, 6.45) is 5.95. The van der Waals surface area contributed by atoms with Crippen LogP contribution < -0.4 is 10.1 Å². The number of rotatable bonds is 5. The summed E-state index contributed by atoms with van der Waals surface area (Å²) in [7, 11) is 0. The van der Waals surface area contributed by atoms with Gasteiger partial charge in [0.15, 0.2) is 0 Å². The molecule has 0 spiro atoms. The molecule has 1 N–H and O–H groups in total. The Morgan fingerprint density at radius 3 is 2.83 bits per heavy atom. The van der Waals surface area contributed by atoms with Gasteiger partial charge in [-0.1, -0.05) is 25.0 Å². The largest absolute Gasteiger partial charge is 0.493 e. The molecule has 0 unspecified atom stereocenters. The standard InChI is InChI=1S/C19H26N2O3/c1-2-24-17-10-6-4-8-15(17)19(23)20-13-18(22)21-12-11-14-7-3-5-9-16(14)21/h4,6,8,10,14,16H,2-3,5,7,9,11-13H2,1H3,(H,20,23)/t14-,16-/m1/s1. The van der Waals surface area contributed by atoms with E-state index >= 15 is 0 Å². The molecular weight excluding hydrogens is 304 g/mol. The number of nitrogens with zero attached hydrogens (tertiary/aromatic N) is 1. The van der Waals surface area contributed by atoms with Crippen LogP contribution in [0.3, 0.4) is 0 Å². The molecule has 0 bridgehead atoms. The summed E-state index contributed by atoms with van der Waals surface area (Å²) in [5.41, 5.74) is 0.476. The summed E-state index contributed by atoms with van der Waals surface area (Å²) in [4.78, 5) is 26.9. The molecule has 1 aromatic carbocycles. The first-order valence-electron chi connectivity index (χ1n) is 9.00. The maximum atomic E-state index is 12.5. The molecule has 0 radical (unpaired) electrons. The van der Waals surface area contributed by atoms with Gasteiger partial charge in [-0.15, -0.1) is 0 Å². The van der Waals surface area contributed by atoms with Crippen LogP contribution in [0.4, 0.5) is 0 Å². The van der Waals surface area contributed by atoms with E-state index in [0.717, 1.165) is 19.4 Å². The number of carbonyl (C=O) groups is 2. The van der Waals surface area contributed by atoms with Crippen LogP contribution in [0.25, 0.3) is 0 Å². The van der Waals surface area contributed by atoms with Gasteiger partial charge in [0.2, 0.25) is 5.91 Å². The highest BCUT2D eigenvalue weighted by Gasteiger charge is 2.37. The molecule has 0 aromatic heterocycles. The number of likely N-dealkylation sites (tertiary alicyclic amines) is 1. The summed E-state index contributed by atoms with van der Waals surface area (Å²) in [5.74, 6) is 0.994. The number of fused-ring (bicyclic) bond motifs is 1. The average molecular weight is 330 g/mol. The third-order valence-electron chi connectivity index (χ3n) is 5.16. The Morgan fingerprint density at radius 1 is 1.21 bits per heavy atom. The van der Waals surface area contributed by atoms with Crippen molar-refractivity contribution in [2.75, 3.05) is 19.7 Å². The molecule has 1 saturated heterocycles. The number of ether oxygens (including phenoxy) is 1. The van der Waals surface area contributed by atoms with E-state index in [0.29, 0.717) is 29.9 Å². The molecule has 1 aromatic rings. The predicted octanol–water partition coefficient (Wildman–Crippen LogP) is 2.61. The van der Waals surface area contributed by atoms with Crippen molar-refractivity contribution >= 4 is 11.8 Å². The number of benzene rings is 1. The van der Waals surface area contributed by atoms with Gasteiger partial charge in [-0.3, -0.25) is 9.59 Å². The molecule has 1 aliphatic heterocycles. The Bertz CT molecular complexity index is 602. The second-order valence-corrected chi connectivity index (χ2v) is 6.60. The molecule has 1 aliphatic carbocycles. The van der Waals surface area contributed by atoms with Crippen molar-refractivity contribution in [3.05, 3.63) is 29.8 Å². The quantitative estimate of drug-likeness (QED) is 0.903. The fourth-order valence-corrected chi connectivity index (χ4v) is 4.00. The first-order chi connectivity index (χ1) is 11.7. The molecule has 2 atom stereocenters. The van der Waals surface area contributed by atoms with Gasteiger partial charge >= 0.3 is 0 Å². The third kappa shape index (κ3) is 3.55. The van der Waals surface area contributed by atoms with Crippen molar-refractivity contribution < 1.29 is 14.3 Å². The molecular formula is C19H26N2O3. The maximum Gasteiger partial charge on any atom is 0.255 e. The van der Waals surface area contributed by atoms with Gasteiger partial charge in [0.25, 0.3) is 5.91 Å². The van der Waals surface area contributed by atoms with Crippen molar-refractivity contribution in [3.63, 3.8) is 0 Å². The zero-order valence-electron chi connectivity index (χ0n) is 14.3. The normalized spacial score (nSPS) is 22.8. The average Bonchev–Trinajstić information content (AvgIpc) is 3.04. The van der Waals surface area contributed by atoms with Gasteiger partial charge in [-0.05, 0) is 44.2 Å². The Labute approximate surface area is 143 Å². The minimum atomic E-state index is -0.258. The lowest BCUT2D eigenvalue weighted by molar-refractivity contribution is -0.131. The SMILES string of the molecule is CCOc1ccccc1C(=O)NCC(=O)N1CC[C@H]2CCCC[C@H]21. The third-order valence-corrected chi connectivity index (χ3v) is 5.16. The van der Waals surface area contributed by atoms with E-state index in [9.17, 15) is 9.59 Å². The van der Waals surface area contributed by atoms with E-state index < -0.39 is 0 Å². The number of hydrogen-bond donors (Lipinski definition) is 1. The van der Waals surface area contributed by atoms with Crippen LogP contribution >= 0.6 is 0 Å². The van der Waals surface area contributed by atoms with E-state index in [1.165, 1.54) is 19.3 Å². The highest BCUT2D eigenvalue weighted by atomic mass is 16.5. The second kappa shape index (κ2) is 7.69. The first-order valence-corrected chi connectivity index (χ1v) is 9.00. The fourth-order valence-electron chi connectivity index (χ4n) is 4.00. The van der Waals surface area contributed by atoms with Gasteiger partial charge in [-0.2, -0.15) is 0 Å². The number of carbonyl (C=O) groups excluding carboxylic acids is 2. The Hall–Kier alpha value is -2.04. The van der Waals surface area contributed by atoms with Crippen LogP contribution in [0, 0.1) is 5.92 Å². The molecule has 2 fully saturated rings. The molecule has 3 rings (SSSR count). The van der Waals surface area contributed by atoms with Gasteiger partial charge in [0.05, 0.1) is 18.7 Å². The summed E-state index contributed by atoms with van der Waals surface area (Å²) in [6.45, 7) is 3.27. The van der Waals surface area contributed by atoms with E-state index in [1.807, 2.05) is 17.9 Å². The zero-order valence-corrected chi connectivity index (χ0v) is 14.3. The minimum Gasteiger partial charge on any atom is -0.493 e. The Balaban J connectivity index is 1.57. The molecule has 2 aliphatic rings. The molecule has 5 heteroatoms. The van der Waals surface area contributed by atoms with E-state index in [2.05, 4.69) is 5.32 Å². The van der Waals surface area contributed by atoms with Crippen molar-refractivity contribution in [3.8, 4) is 5.75 Å². The summed E-state index contributed by atoms with van der Waals surface area (Å²) in [6, 6.07) is 7.51. The molecule has 130 valence electrons. The van der Waals surface area contributed by atoms with Crippen molar-refractivity contribution in [1.29, 1.82) is 0 Å². The van der Waals surface area contributed by atoms with Crippen molar-refractivity contribution in [1.82, 2.24) is 10.2 Å². The molecule has 1 heterocycles. The van der Waals surface area contributed by atoms with Crippen LogP contribution in [0.1, 0.15) is 49.4 Å². The summed E-state index contributed by atoms with van der Waals surface area (Å²) < 4.78 is 5.48. The highest BCUT2D eigenvalue weighted by Crippen LogP contribution is 2.36. The van der Waals surface area contributed by atoms with Gasteiger partial charge in [-0.25, -0.2) is 0 Å². The Kier molecular flexibility index (Phi) is 5.38. The molecule has 2 amide bonds. The molecule has 24 heavy (non-hydrogen) atoms. The Morgan fingerprint density at radius 2 is 2.00 bits per heavy atom. The van der Waals surface area contributed by atoms with E-state index in [-0.39, 0.29) is 18.4 Å². The molecule has 1 saturated carbocycles. The monoisotopic (exact) mass is 330 g/mol. The first kappa shape index (κ1) is 16.8. The lowest BCUT2D eigenvalue weighted by Gasteiger charge is -2.31. The van der Waals surface area contributed by atoms with Crippen LogP contribution in [-0.2, 0) is 4.79 Å². The van der Waals surface area contributed by atoms with Crippen LogP contribution in [0.5, 0.6) is 5.75 Å². The minimum absolute atomic E-state index is 0.0339. The van der Waals surface area contributed by atoms with Gasteiger partial charge in [0.1, 0.15) is 5.75 Å². The number of nitrogens with one attached hydrogen (secondary N) is 1. The van der Waals surface area contributed by atoms with Gasteiger partial charge in [0, 0.05) is 12.6 Å².